The molecule has 0 bridgehead atoms. The average molecular weight is 190 g/mol. The summed E-state index contributed by atoms with van der Waals surface area (Å²) in [6.07, 6.45) is 2.42. The molecule has 0 aromatic carbocycles. The van der Waals surface area contributed by atoms with Crippen LogP contribution < -0.4 is 5.32 Å². The predicted molar refractivity (Wildman–Crippen MR) is 44.8 cm³/mol. The van der Waals surface area contributed by atoms with Crippen molar-refractivity contribution >= 4 is 12.4 Å². The molecule has 0 unspecified atom stereocenters. The fourth-order valence-corrected chi connectivity index (χ4v) is 1.00. The standard InChI is InChI=1S/C7H8FN3.ClH/c8-6-3-10-7(11-4-6)5-1-9-2-5;/h3-5,9H,1-2H2;1H. The monoisotopic (exact) mass is 189 g/mol. The fourth-order valence-electron chi connectivity index (χ4n) is 1.00. The molecule has 3 nitrogen and oxygen atoms in total. The van der Waals surface area contributed by atoms with E-state index in [1.165, 1.54) is 12.4 Å². The van der Waals surface area contributed by atoms with Gasteiger partial charge in [-0.05, 0) is 0 Å². The minimum atomic E-state index is -0.374. The van der Waals surface area contributed by atoms with E-state index in [2.05, 4.69) is 15.3 Å². The van der Waals surface area contributed by atoms with Gasteiger partial charge in [0.25, 0.3) is 0 Å². The summed E-state index contributed by atoms with van der Waals surface area (Å²) in [5, 5.41) is 3.10. The van der Waals surface area contributed by atoms with Gasteiger partial charge in [0.15, 0.2) is 5.82 Å². The molecule has 0 aliphatic carbocycles. The van der Waals surface area contributed by atoms with Crippen molar-refractivity contribution in [2.45, 2.75) is 5.92 Å². The number of hydrogen-bond donors (Lipinski definition) is 1. The van der Waals surface area contributed by atoms with Crippen LogP contribution in [0.25, 0.3) is 0 Å². The van der Waals surface area contributed by atoms with Gasteiger partial charge in [-0.15, -0.1) is 12.4 Å². The van der Waals surface area contributed by atoms with E-state index >= 15 is 0 Å². The minimum Gasteiger partial charge on any atom is -0.315 e. The normalized spacial score (nSPS) is 16.4. The third kappa shape index (κ3) is 1.70. The summed E-state index contributed by atoms with van der Waals surface area (Å²) in [6.45, 7) is 1.82. The van der Waals surface area contributed by atoms with Gasteiger partial charge in [0, 0.05) is 19.0 Å². The number of hydrogen-bond acceptors (Lipinski definition) is 3. The molecule has 0 radical (unpaired) electrons. The van der Waals surface area contributed by atoms with E-state index in [-0.39, 0.29) is 18.2 Å². The molecule has 66 valence electrons. The van der Waals surface area contributed by atoms with E-state index in [0.717, 1.165) is 18.9 Å². The van der Waals surface area contributed by atoms with Gasteiger partial charge in [-0.3, -0.25) is 0 Å². The van der Waals surface area contributed by atoms with E-state index in [4.69, 9.17) is 0 Å². The van der Waals surface area contributed by atoms with E-state index in [1.54, 1.807) is 0 Å². The molecule has 1 aliphatic heterocycles. The molecule has 12 heavy (non-hydrogen) atoms. The summed E-state index contributed by atoms with van der Waals surface area (Å²) < 4.78 is 12.3. The molecule has 2 rings (SSSR count). The number of aromatic nitrogens is 2. The molecule has 0 amide bonds. The Bertz CT molecular complexity index is 247. The quantitative estimate of drug-likeness (QED) is 0.708. The highest BCUT2D eigenvalue weighted by molar-refractivity contribution is 5.85. The zero-order valence-corrected chi connectivity index (χ0v) is 7.14. The maximum atomic E-state index is 12.3. The van der Waals surface area contributed by atoms with Crippen molar-refractivity contribution in [3.05, 3.63) is 24.0 Å². The second kappa shape index (κ2) is 3.78. The van der Waals surface area contributed by atoms with Crippen molar-refractivity contribution in [1.29, 1.82) is 0 Å². The molecular formula is C7H9ClFN3. The molecule has 1 aromatic rings. The van der Waals surface area contributed by atoms with Crippen molar-refractivity contribution in [2.24, 2.45) is 0 Å². The number of rotatable bonds is 1. The molecule has 1 fully saturated rings. The Morgan fingerprint density at radius 3 is 2.33 bits per heavy atom. The average Bonchev–Trinajstić information content (AvgIpc) is 1.90. The molecule has 0 atom stereocenters. The Labute approximate surface area is 75.8 Å². The van der Waals surface area contributed by atoms with Gasteiger partial charge in [-0.1, -0.05) is 0 Å². The Kier molecular flexibility index (Phi) is 2.94. The SMILES string of the molecule is Cl.Fc1cnc(C2CNC2)nc1. The van der Waals surface area contributed by atoms with Crippen LogP contribution in [0.3, 0.4) is 0 Å². The van der Waals surface area contributed by atoms with Crippen LogP contribution in [0.4, 0.5) is 4.39 Å². The topological polar surface area (TPSA) is 37.8 Å². The van der Waals surface area contributed by atoms with Gasteiger partial charge in [-0.2, -0.15) is 0 Å². The Morgan fingerprint density at radius 2 is 1.92 bits per heavy atom. The van der Waals surface area contributed by atoms with Crippen molar-refractivity contribution in [3.63, 3.8) is 0 Å². The fraction of sp³-hybridized carbons (Fsp3) is 0.429. The molecule has 1 N–H and O–H groups in total. The maximum absolute atomic E-state index is 12.3. The summed E-state index contributed by atoms with van der Waals surface area (Å²) in [5.74, 6) is 0.752. The van der Waals surface area contributed by atoms with Crippen LogP contribution >= 0.6 is 12.4 Å². The minimum absolute atomic E-state index is 0. The first-order valence-electron chi connectivity index (χ1n) is 3.54. The zero-order valence-electron chi connectivity index (χ0n) is 6.33. The van der Waals surface area contributed by atoms with Gasteiger partial charge < -0.3 is 5.32 Å². The van der Waals surface area contributed by atoms with Crippen molar-refractivity contribution in [1.82, 2.24) is 15.3 Å². The Balaban J connectivity index is 0.000000720. The van der Waals surface area contributed by atoms with Gasteiger partial charge >= 0.3 is 0 Å². The number of halogens is 2. The van der Waals surface area contributed by atoms with Crippen LogP contribution in [0.5, 0.6) is 0 Å². The second-order valence-corrected chi connectivity index (χ2v) is 2.61. The lowest BCUT2D eigenvalue weighted by atomic mass is 10.0. The molecule has 1 saturated heterocycles. The number of nitrogens with one attached hydrogen (secondary N) is 1. The molecule has 0 saturated carbocycles. The van der Waals surface area contributed by atoms with Crippen LogP contribution in [-0.2, 0) is 0 Å². The summed E-state index contributed by atoms with van der Waals surface area (Å²) >= 11 is 0. The first kappa shape index (κ1) is 9.35. The number of nitrogens with zero attached hydrogens (tertiary/aromatic N) is 2. The first-order valence-corrected chi connectivity index (χ1v) is 3.54. The van der Waals surface area contributed by atoms with Crippen molar-refractivity contribution < 1.29 is 4.39 Å². The molecule has 1 aliphatic rings. The smallest absolute Gasteiger partial charge is 0.159 e. The van der Waals surface area contributed by atoms with Crippen LogP contribution in [0.2, 0.25) is 0 Å². The van der Waals surface area contributed by atoms with Crippen LogP contribution in [0.15, 0.2) is 12.4 Å². The van der Waals surface area contributed by atoms with Crippen molar-refractivity contribution in [3.8, 4) is 0 Å². The van der Waals surface area contributed by atoms with Gasteiger partial charge in [0.2, 0.25) is 0 Å². The third-order valence-corrected chi connectivity index (χ3v) is 1.79. The Hall–Kier alpha value is -0.740. The van der Waals surface area contributed by atoms with Gasteiger partial charge in [0.05, 0.1) is 12.4 Å². The van der Waals surface area contributed by atoms with E-state index < -0.39 is 0 Å². The lowest BCUT2D eigenvalue weighted by Crippen LogP contribution is -2.40. The molecule has 2 heterocycles. The molecular weight excluding hydrogens is 181 g/mol. The second-order valence-electron chi connectivity index (χ2n) is 2.61. The highest BCUT2D eigenvalue weighted by Gasteiger charge is 2.20. The first-order chi connectivity index (χ1) is 5.36. The zero-order chi connectivity index (χ0) is 7.68. The molecule has 0 spiro atoms. The summed E-state index contributed by atoms with van der Waals surface area (Å²) in [5.41, 5.74) is 0. The lowest BCUT2D eigenvalue weighted by Gasteiger charge is -2.25. The van der Waals surface area contributed by atoms with Gasteiger partial charge in [-0.25, -0.2) is 14.4 Å². The maximum Gasteiger partial charge on any atom is 0.159 e. The largest absolute Gasteiger partial charge is 0.315 e. The van der Waals surface area contributed by atoms with Crippen LogP contribution in [0.1, 0.15) is 11.7 Å². The van der Waals surface area contributed by atoms with Crippen molar-refractivity contribution in [2.75, 3.05) is 13.1 Å². The summed E-state index contributed by atoms with van der Waals surface area (Å²) in [7, 11) is 0. The van der Waals surface area contributed by atoms with Crippen LogP contribution in [0, 0.1) is 5.82 Å². The van der Waals surface area contributed by atoms with Gasteiger partial charge in [0.1, 0.15) is 5.82 Å². The summed E-state index contributed by atoms with van der Waals surface area (Å²) in [4.78, 5) is 7.75. The third-order valence-electron chi connectivity index (χ3n) is 1.79. The molecule has 1 aromatic heterocycles. The highest BCUT2D eigenvalue weighted by Crippen LogP contribution is 2.14. The van der Waals surface area contributed by atoms with E-state index in [1.807, 2.05) is 0 Å². The van der Waals surface area contributed by atoms with E-state index in [0.29, 0.717) is 5.92 Å². The van der Waals surface area contributed by atoms with E-state index in [9.17, 15) is 4.39 Å². The predicted octanol–water partition coefficient (Wildman–Crippen LogP) is 0.724. The Morgan fingerprint density at radius 1 is 1.33 bits per heavy atom. The lowest BCUT2D eigenvalue weighted by molar-refractivity contribution is 0.427. The summed E-state index contributed by atoms with van der Waals surface area (Å²) in [6, 6.07) is 0. The molecule has 5 heteroatoms. The highest BCUT2D eigenvalue weighted by atomic mass is 35.5. The van der Waals surface area contributed by atoms with Crippen LogP contribution in [-0.4, -0.2) is 23.1 Å².